The predicted octanol–water partition coefficient (Wildman–Crippen LogP) is 1.05. The van der Waals surface area contributed by atoms with Crippen molar-refractivity contribution in [1.29, 1.82) is 0 Å². The molecule has 0 aliphatic heterocycles. The second-order valence-electron chi connectivity index (χ2n) is 0.534. The minimum Gasteiger partial charge on any atom is -0.516 e. The normalized spacial score (nSPS) is 8.80. The van der Waals surface area contributed by atoms with Gasteiger partial charge in [0.25, 0.3) is 0 Å². The lowest BCUT2D eigenvalue weighted by Gasteiger charge is -1.57. The third-order valence-corrected chi connectivity index (χ3v) is 0.197. The Bertz CT molecular complexity index is 45.6. The smallest absolute Gasteiger partial charge is 0.0791 e. The quantitative estimate of drug-likeness (QED) is 0.360. The van der Waals surface area contributed by atoms with Crippen LogP contribution in [0, 0.1) is 6.58 Å². The van der Waals surface area contributed by atoms with Gasteiger partial charge in [0.15, 0.2) is 0 Å². The van der Waals surface area contributed by atoms with Gasteiger partial charge in [-0.2, -0.15) is 0 Å². The molecule has 0 heterocycles. The number of rotatable bonds is 1. The highest BCUT2D eigenvalue weighted by Gasteiger charge is 1.43. The van der Waals surface area contributed by atoms with E-state index in [9.17, 15) is 0 Å². The summed E-state index contributed by atoms with van der Waals surface area (Å²) >= 11 is 0. The highest BCUT2D eigenvalue weighted by atomic mass is 16.2. The first-order valence-corrected chi connectivity index (χ1v) is 1.26. The fourth-order valence-electron chi connectivity index (χ4n) is 0.0497. The maximum Gasteiger partial charge on any atom is 0.0791 e. The van der Waals surface area contributed by atoms with Gasteiger partial charge in [-0.1, -0.05) is 12.7 Å². The number of aliphatic hydroxyl groups excluding tert-OH is 1. The first-order chi connectivity index (χ1) is 2.41. The van der Waals surface area contributed by atoms with Crippen LogP contribution in [0.2, 0.25) is 0 Å². The average molecular weight is 69.1 g/mol. The molecule has 0 rings (SSSR count). The molecule has 0 bridgehead atoms. The largest absolute Gasteiger partial charge is 0.516 e. The molecule has 5 heavy (non-hydrogen) atoms. The van der Waals surface area contributed by atoms with Crippen LogP contribution in [0.3, 0.4) is 0 Å². The lowest BCUT2D eigenvalue weighted by molar-refractivity contribution is 0.474. The van der Waals surface area contributed by atoms with Crippen molar-refractivity contribution in [2.24, 2.45) is 0 Å². The van der Waals surface area contributed by atoms with Crippen molar-refractivity contribution in [2.45, 2.75) is 0 Å². The van der Waals surface area contributed by atoms with Crippen LogP contribution in [-0.4, -0.2) is 5.11 Å². The minimum atomic E-state index is 0.875. The van der Waals surface area contributed by atoms with E-state index in [2.05, 4.69) is 0 Å². The highest BCUT2D eigenvalue weighted by Crippen LogP contribution is 1.60. The molecule has 1 N–H and O–H groups in total. The molecule has 0 aromatic heterocycles. The van der Waals surface area contributed by atoms with E-state index >= 15 is 0 Å². The Morgan fingerprint density at radius 2 is 2.20 bits per heavy atom. The molecule has 0 saturated carbocycles. The summed E-state index contributed by atoms with van der Waals surface area (Å²) in [6, 6.07) is 0. The summed E-state index contributed by atoms with van der Waals surface area (Å²) in [7, 11) is 0. The van der Waals surface area contributed by atoms with E-state index in [1.165, 1.54) is 12.2 Å². The van der Waals surface area contributed by atoms with Gasteiger partial charge in [0.2, 0.25) is 0 Å². The van der Waals surface area contributed by atoms with Crippen molar-refractivity contribution in [3.8, 4) is 0 Å². The maximum atomic E-state index is 7.77. The van der Waals surface area contributed by atoms with Gasteiger partial charge < -0.3 is 5.11 Å². The third kappa shape index (κ3) is 3.28. The van der Waals surface area contributed by atoms with E-state index < -0.39 is 0 Å². The number of aliphatic hydroxyl groups is 1. The number of hydrogen-bond donors (Lipinski definition) is 1. The minimum absolute atomic E-state index is 0.875. The van der Waals surface area contributed by atoms with Gasteiger partial charge in [0.05, 0.1) is 6.26 Å². The van der Waals surface area contributed by atoms with Crippen LogP contribution in [0.1, 0.15) is 0 Å². The van der Waals surface area contributed by atoms with Crippen molar-refractivity contribution in [2.75, 3.05) is 0 Å². The monoisotopic (exact) mass is 69.0 g/mol. The standard InChI is InChI=1S/C4H5O/c1-2-3-4-5/h1-5H/b2-1?,4-3+. The topological polar surface area (TPSA) is 20.2 Å². The molecule has 0 atom stereocenters. The molecule has 0 aliphatic carbocycles. The zero-order chi connectivity index (χ0) is 4.12. The van der Waals surface area contributed by atoms with Gasteiger partial charge in [-0.15, -0.1) is 0 Å². The lowest BCUT2D eigenvalue weighted by atomic mass is 10.6. The van der Waals surface area contributed by atoms with Gasteiger partial charge in [0.1, 0.15) is 0 Å². The Morgan fingerprint density at radius 1 is 1.60 bits per heavy atom. The Hall–Kier alpha value is -0.720. The molecule has 0 aromatic carbocycles. The van der Waals surface area contributed by atoms with Crippen molar-refractivity contribution < 1.29 is 5.11 Å². The zero-order valence-corrected chi connectivity index (χ0v) is 2.76. The van der Waals surface area contributed by atoms with Crippen molar-refractivity contribution >= 4 is 0 Å². The average Bonchev–Trinajstić information content (AvgIpc) is 1.41. The van der Waals surface area contributed by atoms with E-state index in [-0.39, 0.29) is 0 Å². The van der Waals surface area contributed by atoms with Crippen LogP contribution in [-0.2, 0) is 0 Å². The van der Waals surface area contributed by atoms with Crippen LogP contribution in [0.5, 0.6) is 0 Å². The highest BCUT2D eigenvalue weighted by molar-refractivity contribution is 4.89. The van der Waals surface area contributed by atoms with E-state index in [0.29, 0.717) is 0 Å². The first-order valence-electron chi connectivity index (χ1n) is 1.26. The molecule has 0 saturated heterocycles. The molecular weight excluding hydrogens is 64.0 g/mol. The van der Waals surface area contributed by atoms with Crippen LogP contribution in [0.25, 0.3) is 0 Å². The third-order valence-electron chi connectivity index (χ3n) is 0.197. The molecule has 1 heteroatoms. The van der Waals surface area contributed by atoms with Crippen molar-refractivity contribution in [1.82, 2.24) is 0 Å². The fraction of sp³-hybridized carbons (Fsp3) is 0. The molecule has 27 valence electrons. The Labute approximate surface area is 31.2 Å². The van der Waals surface area contributed by atoms with Crippen molar-refractivity contribution in [3.05, 3.63) is 25.0 Å². The van der Waals surface area contributed by atoms with E-state index in [0.717, 1.165) is 6.26 Å². The summed E-state index contributed by atoms with van der Waals surface area (Å²) in [5.74, 6) is 0. The molecule has 0 aromatic rings. The van der Waals surface area contributed by atoms with Gasteiger partial charge in [-0.3, -0.25) is 0 Å². The summed E-state index contributed by atoms with van der Waals surface area (Å²) in [6.45, 7) is 4.77. The van der Waals surface area contributed by atoms with E-state index in [1.807, 2.05) is 0 Å². The molecule has 0 amide bonds. The van der Waals surface area contributed by atoms with Crippen LogP contribution in [0.4, 0.5) is 0 Å². The van der Waals surface area contributed by atoms with Crippen LogP contribution in [0.15, 0.2) is 18.4 Å². The van der Waals surface area contributed by atoms with Crippen LogP contribution < -0.4 is 0 Å². The summed E-state index contributed by atoms with van der Waals surface area (Å²) in [5, 5.41) is 7.77. The first kappa shape index (κ1) is 4.28. The van der Waals surface area contributed by atoms with E-state index in [4.69, 9.17) is 11.7 Å². The molecule has 1 radical (unpaired) electrons. The molecule has 0 unspecified atom stereocenters. The summed E-state index contributed by atoms with van der Waals surface area (Å²) in [6.07, 6.45) is 3.46. The second kappa shape index (κ2) is 3.28. The Balaban J connectivity index is 2.92. The van der Waals surface area contributed by atoms with Gasteiger partial charge in [-0.05, 0) is 6.08 Å². The Morgan fingerprint density at radius 3 is 2.20 bits per heavy atom. The Kier molecular flexibility index (Phi) is 2.81. The molecule has 1 nitrogen and oxygen atoms in total. The second-order valence-corrected chi connectivity index (χ2v) is 0.534. The van der Waals surface area contributed by atoms with Gasteiger partial charge in [0, 0.05) is 0 Å². The van der Waals surface area contributed by atoms with Crippen molar-refractivity contribution in [3.63, 3.8) is 0 Å². The fourth-order valence-corrected chi connectivity index (χ4v) is 0.0497. The predicted molar refractivity (Wildman–Crippen MR) is 20.6 cm³/mol. The van der Waals surface area contributed by atoms with Gasteiger partial charge in [-0.25, -0.2) is 0 Å². The molecule has 0 fully saturated rings. The molecular formula is C4H5O. The SMILES string of the molecule is [CH]=C/C=C/O. The van der Waals surface area contributed by atoms with E-state index in [1.54, 1.807) is 0 Å². The molecule has 0 aliphatic rings. The lowest BCUT2D eigenvalue weighted by Crippen LogP contribution is -1.41. The summed E-state index contributed by atoms with van der Waals surface area (Å²) in [5.41, 5.74) is 0. The maximum absolute atomic E-state index is 7.77. The molecule has 0 spiro atoms. The number of hydrogen-bond acceptors (Lipinski definition) is 1. The summed E-state index contributed by atoms with van der Waals surface area (Å²) in [4.78, 5) is 0. The van der Waals surface area contributed by atoms with Gasteiger partial charge >= 0.3 is 0 Å². The summed E-state index contributed by atoms with van der Waals surface area (Å²) < 4.78 is 0. The zero-order valence-electron chi connectivity index (χ0n) is 2.76. The van der Waals surface area contributed by atoms with Crippen LogP contribution >= 0.6 is 0 Å². The number of allylic oxidation sites excluding steroid dienone is 2.